The second-order valence-electron chi connectivity index (χ2n) is 5.13. The molecule has 5 heteroatoms. The van der Waals surface area contributed by atoms with Crippen LogP contribution in [0.2, 0.25) is 0 Å². The molecule has 0 saturated carbocycles. The highest BCUT2D eigenvalue weighted by Crippen LogP contribution is 2.27. The lowest BCUT2D eigenvalue weighted by atomic mass is 9.98. The molecule has 1 aliphatic rings. The SMILES string of the molecule is CCc1nccn1CC1CN(c2cnccc2C#N)C1. The van der Waals surface area contributed by atoms with Crippen LogP contribution in [0.25, 0.3) is 0 Å². The topological polar surface area (TPSA) is 57.7 Å². The van der Waals surface area contributed by atoms with Crippen molar-refractivity contribution in [3.63, 3.8) is 0 Å². The molecule has 20 heavy (non-hydrogen) atoms. The van der Waals surface area contributed by atoms with Crippen molar-refractivity contribution in [1.82, 2.24) is 14.5 Å². The van der Waals surface area contributed by atoms with Gasteiger partial charge < -0.3 is 9.47 Å². The number of aryl methyl sites for hydroxylation is 1. The number of nitrogens with zero attached hydrogens (tertiary/aromatic N) is 5. The molecule has 0 amide bonds. The van der Waals surface area contributed by atoms with Gasteiger partial charge in [-0.2, -0.15) is 5.26 Å². The first-order valence-electron chi connectivity index (χ1n) is 6.91. The molecule has 3 rings (SSSR count). The van der Waals surface area contributed by atoms with Crippen LogP contribution < -0.4 is 4.90 Å². The fourth-order valence-electron chi connectivity index (χ4n) is 2.71. The van der Waals surface area contributed by atoms with Gasteiger partial charge in [-0.05, 0) is 6.07 Å². The van der Waals surface area contributed by atoms with Crippen LogP contribution in [0.1, 0.15) is 18.3 Å². The van der Waals surface area contributed by atoms with Crippen molar-refractivity contribution in [3.8, 4) is 6.07 Å². The van der Waals surface area contributed by atoms with Crippen LogP contribution >= 0.6 is 0 Å². The van der Waals surface area contributed by atoms with E-state index < -0.39 is 0 Å². The lowest BCUT2D eigenvalue weighted by molar-refractivity contribution is 0.353. The highest BCUT2D eigenvalue weighted by atomic mass is 15.2. The number of hydrogen-bond donors (Lipinski definition) is 0. The third-order valence-corrected chi connectivity index (χ3v) is 3.79. The molecule has 102 valence electrons. The predicted molar refractivity (Wildman–Crippen MR) is 76.3 cm³/mol. The molecule has 0 bridgehead atoms. The van der Waals surface area contributed by atoms with Crippen LogP contribution in [0.15, 0.2) is 30.9 Å². The first kappa shape index (κ1) is 12.7. The van der Waals surface area contributed by atoms with Crippen molar-refractivity contribution < 1.29 is 0 Å². The third kappa shape index (κ3) is 2.25. The molecule has 3 heterocycles. The molecular weight excluding hydrogens is 250 g/mol. The molecular formula is C15H17N5. The number of anilines is 1. The maximum absolute atomic E-state index is 9.11. The van der Waals surface area contributed by atoms with Crippen LogP contribution in [0.5, 0.6) is 0 Å². The van der Waals surface area contributed by atoms with Crippen molar-refractivity contribution >= 4 is 5.69 Å². The Balaban J connectivity index is 1.63. The quantitative estimate of drug-likeness (QED) is 0.848. The van der Waals surface area contributed by atoms with Crippen LogP contribution in [0, 0.1) is 17.2 Å². The van der Waals surface area contributed by atoms with E-state index in [0.717, 1.165) is 37.6 Å². The van der Waals surface area contributed by atoms with Gasteiger partial charge in [-0.3, -0.25) is 4.98 Å². The summed E-state index contributed by atoms with van der Waals surface area (Å²) < 4.78 is 2.23. The Hall–Kier alpha value is -2.35. The van der Waals surface area contributed by atoms with E-state index in [2.05, 4.69) is 32.4 Å². The van der Waals surface area contributed by atoms with E-state index in [1.54, 1.807) is 18.5 Å². The monoisotopic (exact) mass is 267 g/mol. The summed E-state index contributed by atoms with van der Waals surface area (Å²) in [6.07, 6.45) is 8.32. The van der Waals surface area contributed by atoms with Gasteiger partial charge in [0.2, 0.25) is 0 Å². The van der Waals surface area contributed by atoms with Crippen molar-refractivity contribution in [1.29, 1.82) is 5.26 Å². The molecule has 0 spiro atoms. The second kappa shape index (κ2) is 5.33. The van der Waals surface area contributed by atoms with Gasteiger partial charge in [0.25, 0.3) is 0 Å². The highest BCUT2D eigenvalue weighted by molar-refractivity contribution is 5.59. The summed E-state index contributed by atoms with van der Waals surface area (Å²) in [7, 11) is 0. The standard InChI is InChI=1S/C15H17N5/c1-2-15-18-5-6-19(15)9-12-10-20(11-12)14-8-17-4-3-13(14)7-16/h3-6,8,12H,2,9-11H2,1H3. The summed E-state index contributed by atoms with van der Waals surface area (Å²) >= 11 is 0. The van der Waals surface area contributed by atoms with Gasteiger partial charge in [0.1, 0.15) is 11.9 Å². The van der Waals surface area contributed by atoms with E-state index >= 15 is 0 Å². The summed E-state index contributed by atoms with van der Waals surface area (Å²) in [5.41, 5.74) is 1.66. The van der Waals surface area contributed by atoms with Crippen LogP contribution in [-0.4, -0.2) is 27.6 Å². The summed E-state index contributed by atoms with van der Waals surface area (Å²) in [5.74, 6) is 1.75. The van der Waals surface area contributed by atoms with Gasteiger partial charge >= 0.3 is 0 Å². The minimum atomic E-state index is 0.612. The number of imidazole rings is 1. The minimum Gasteiger partial charge on any atom is -0.368 e. The zero-order valence-corrected chi connectivity index (χ0v) is 11.5. The van der Waals surface area contributed by atoms with E-state index in [1.165, 1.54) is 0 Å². The smallest absolute Gasteiger partial charge is 0.108 e. The zero-order valence-electron chi connectivity index (χ0n) is 11.5. The predicted octanol–water partition coefficient (Wildman–Crippen LogP) is 1.85. The van der Waals surface area contributed by atoms with Crippen molar-refractivity contribution in [3.05, 3.63) is 42.2 Å². The molecule has 1 fully saturated rings. The molecule has 0 atom stereocenters. The van der Waals surface area contributed by atoms with Gasteiger partial charge in [-0.1, -0.05) is 6.92 Å². The normalized spacial score (nSPS) is 14.9. The number of aromatic nitrogens is 3. The maximum Gasteiger partial charge on any atom is 0.108 e. The maximum atomic E-state index is 9.11. The summed E-state index contributed by atoms with van der Waals surface area (Å²) in [5, 5.41) is 9.11. The fraction of sp³-hybridized carbons (Fsp3) is 0.400. The Morgan fingerprint density at radius 2 is 2.25 bits per heavy atom. The average Bonchev–Trinajstić information content (AvgIpc) is 2.89. The van der Waals surface area contributed by atoms with E-state index in [0.29, 0.717) is 11.5 Å². The van der Waals surface area contributed by atoms with Gasteiger partial charge in [0, 0.05) is 50.6 Å². The molecule has 1 aliphatic heterocycles. The number of nitriles is 1. The minimum absolute atomic E-state index is 0.612. The van der Waals surface area contributed by atoms with Crippen molar-refractivity contribution in [2.24, 2.45) is 5.92 Å². The lowest BCUT2D eigenvalue weighted by Gasteiger charge is -2.41. The number of pyridine rings is 1. The Morgan fingerprint density at radius 1 is 1.40 bits per heavy atom. The summed E-state index contributed by atoms with van der Waals surface area (Å²) in [4.78, 5) is 10.7. The average molecular weight is 267 g/mol. The van der Waals surface area contributed by atoms with Gasteiger partial charge in [-0.15, -0.1) is 0 Å². The molecule has 1 saturated heterocycles. The Kier molecular flexibility index (Phi) is 3.38. The van der Waals surface area contributed by atoms with Gasteiger partial charge in [-0.25, -0.2) is 4.98 Å². The van der Waals surface area contributed by atoms with E-state index in [4.69, 9.17) is 5.26 Å². The van der Waals surface area contributed by atoms with Gasteiger partial charge in [0.15, 0.2) is 0 Å². The van der Waals surface area contributed by atoms with E-state index in [-0.39, 0.29) is 0 Å². The molecule has 0 N–H and O–H groups in total. The first-order valence-corrected chi connectivity index (χ1v) is 6.91. The van der Waals surface area contributed by atoms with Gasteiger partial charge in [0.05, 0.1) is 17.4 Å². The molecule has 0 unspecified atom stereocenters. The molecule has 0 aromatic carbocycles. The number of rotatable bonds is 4. The second-order valence-corrected chi connectivity index (χ2v) is 5.13. The fourth-order valence-corrected chi connectivity index (χ4v) is 2.71. The van der Waals surface area contributed by atoms with Crippen molar-refractivity contribution in [2.45, 2.75) is 19.9 Å². The first-order chi connectivity index (χ1) is 9.81. The Morgan fingerprint density at radius 3 is 3.00 bits per heavy atom. The van der Waals surface area contributed by atoms with E-state index in [1.807, 2.05) is 12.4 Å². The highest BCUT2D eigenvalue weighted by Gasteiger charge is 2.29. The lowest BCUT2D eigenvalue weighted by Crippen LogP contribution is -2.49. The van der Waals surface area contributed by atoms with Crippen molar-refractivity contribution in [2.75, 3.05) is 18.0 Å². The molecule has 0 aliphatic carbocycles. The Labute approximate surface area is 118 Å². The van der Waals surface area contributed by atoms with E-state index in [9.17, 15) is 0 Å². The Bertz CT molecular complexity index is 634. The largest absolute Gasteiger partial charge is 0.368 e. The van der Waals surface area contributed by atoms with Crippen LogP contribution in [0.3, 0.4) is 0 Å². The molecule has 0 radical (unpaired) electrons. The summed E-state index contributed by atoms with van der Waals surface area (Å²) in [6.45, 7) is 5.08. The molecule has 5 nitrogen and oxygen atoms in total. The van der Waals surface area contributed by atoms with Crippen LogP contribution in [0.4, 0.5) is 5.69 Å². The van der Waals surface area contributed by atoms with Crippen LogP contribution in [-0.2, 0) is 13.0 Å². The third-order valence-electron chi connectivity index (χ3n) is 3.79. The molecule has 2 aromatic heterocycles. The zero-order chi connectivity index (χ0) is 13.9. The molecule has 2 aromatic rings. The number of hydrogen-bond acceptors (Lipinski definition) is 4. The summed E-state index contributed by atoms with van der Waals surface area (Å²) in [6, 6.07) is 4.00.